The molecule has 0 radical (unpaired) electrons. The van der Waals surface area contributed by atoms with Crippen LogP contribution in [-0.2, 0) is 14.3 Å². The lowest BCUT2D eigenvalue weighted by Gasteiger charge is -2.51. The van der Waals surface area contributed by atoms with Crippen LogP contribution in [0.15, 0.2) is 0 Å². The molecule has 3 heteroatoms. The minimum atomic E-state index is -0.324. The van der Waals surface area contributed by atoms with Crippen molar-refractivity contribution in [3.63, 3.8) is 0 Å². The number of rotatable bonds is 2. The van der Waals surface area contributed by atoms with Crippen LogP contribution in [0, 0.1) is 11.8 Å². The van der Waals surface area contributed by atoms with Gasteiger partial charge in [-0.2, -0.15) is 0 Å². The molecular weight excluding hydrogens is 228 g/mol. The minimum absolute atomic E-state index is 0.161. The van der Waals surface area contributed by atoms with Crippen molar-refractivity contribution >= 4 is 5.97 Å². The molecule has 1 aliphatic heterocycles. The van der Waals surface area contributed by atoms with Gasteiger partial charge in [0.15, 0.2) is 0 Å². The summed E-state index contributed by atoms with van der Waals surface area (Å²) in [6, 6.07) is 0. The number of fused-ring (bicyclic) bond motifs is 1. The molecule has 1 heterocycles. The molecule has 0 amide bonds. The molecule has 0 bridgehead atoms. The molecule has 1 saturated heterocycles. The Bertz CT molecular complexity index is 315. The summed E-state index contributed by atoms with van der Waals surface area (Å²) in [6.45, 7) is 8.05. The number of carbonyl (C=O) groups is 1. The van der Waals surface area contributed by atoms with Crippen LogP contribution in [0.3, 0.4) is 0 Å². The van der Waals surface area contributed by atoms with Crippen molar-refractivity contribution in [2.24, 2.45) is 11.8 Å². The summed E-state index contributed by atoms with van der Waals surface area (Å²) in [5.41, 5.74) is -0.324. The van der Waals surface area contributed by atoms with Crippen molar-refractivity contribution in [2.45, 2.75) is 77.6 Å². The van der Waals surface area contributed by atoms with E-state index < -0.39 is 0 Å². The Balaban J connectivity index is 2.18. The van der Waals surface area contributed by atoms with E-state index in [4.69, 9.17) is 9.47 Å². The second-order valence-electron chi connectivity index (χ2n) is 6.34. The number of hydrogen-bond acceptors (Lipinski definition) is 3. The van der Waals surface area contributed by atoms with Crippen LogP contribution in [0.4, 0.5) is 0 Å². The first-order chi connectivity index (χ1) is 8.44. The zero-order chi connectivity index (χ0) is 13.3. The van der Waals surface area contributed by atoms with Gasteiger partial charge in [0.05, 0.1) is 12.2 Å². The summed E-state index contributed by atoms with van der Waals surface area (Å²) < 4.78 is 11.9. The molecule has 104 valence electrons. The number of ether oxygens (including phenoxy) is 2. The average Bonchev–Trinajstić information content (AvgIpc) is 2.26. The summed E-state index contributed by atoms with van der Waals surface area (Å²) in [5, 5.41) is 0. The Morgan fingerprint density at radius 1 is 1.44 bits per heavy atom. The van der Waals surface area contributed by atoms with E-state index in [0.29, 0.717) is 5.92 Å². The predicted octanol–water partition coefficient (Wildman–Crippen LogP) is 3.31. The highest BCUT2D eigenvalue weighted by Crippen LogP contribution is 2.46. The van der Waals surface area contributed by atoms with Crippen molar-refractivity contribution in [2.75, 3.05) is 0 Å². The highest BCUT2D eigenvalue weighted by molar-refractivity contribution is 5.66. The Morgan fingerprint density at radius 3 is 2.78 bits per heavy atom. The molecule has 0 unspecified atom stereocenters. The molecular formula is C15H26O3. The minimum Gasteiger partial charge on any atom is -0.459 e. The predicted molar refractivity (Wildman–Crippen MR) is 70.2 cm³/mol. The summed E-state index contributed by atoms with van der Waals surface area (Å²) >= 11 is 0. The first kappa shape index (κ1) is 13.9. The maximum atomic E-state index is 11.4. The molecule has 0 spiro atoms. The molecule has 2 rings (SSSR count). The lowest BCUT2D eigenvalue weighted by atomic mass is 9.68. The van der Waals surface area contributed by atoms with Crippen molar-refractivity contribution in [1.82, 2.24) is 0 Å². The smallest absolute Gasteiger partial charge is 0.303 e. The molecule has 5 atom stereocenters. The Labute approximate surface area is 110 Å². The van der Waals surface area contributed by atoms with E-state index in [1.807, 2.05) is 0 Å². The van der Waals surface area contributed by atoms with Crippen LogP contribution < -0.4 is 0 Å². The van der Waals surface area contributed by atoms with E-state index in [2.05, 4.69) is 20.8 Å². The lowest BCUT2D eigenvalue weighted by Crippen LogP contribution is -2.55. The maximum Gasteiger partial charge on any atom is 0.303 e. The van der Waals surface area contributed by atoms with Gasteiger partial charge in [-0.15, -0.1) is 0 Å². The van der Waals surface area contributed by atoms with Crippen molar-refractivity contribution < 1.29 is 14.3 Å². The second-order valence-corrected chi connectivity index (χ2v) is 6.34. The van der Waals surface area contributed by atoms with Crippen molar-refractivity contribution in [3.8, 4) is 0 Å². The molecule has 1 aliphatic carbocycles. The number of carbonyl (C=O) groups excluding carboxylic acids is 1. The van der Waals surface area contributed by atoms with Crippen molar-refractivity contribution in [1.29, 1.82) is 0 Å². The van der Waals surface area contributed by atoms with Crippen LogP contribution in [0.25, 0.3) is 0 Å². The highest BCUT2D eigenvalue weighted by Gasteiger charge is 2.50. The summed E-state index contributed by atoms with van der Waals surface area (Å²) in [5.74, 6) is 0.940. The number of esters is 1. The van der Waals surface area contributed by atoms with E-state index in [1.165, 1.54) is 13.3 Å². The largest absolute Gasteiger partial charge is 0.459 e. The van der Waals surface area contributed by atoms with Gasteiger partial charge in [0.2, 0.25) is 0 Å². The average molecular weight is 254 g/mol. The zero-order valence-corrected chi connectivity index (χ0v) is 12.1. The van der Waals surface area contributed by atoms with Gasteiger partial charge in [-0.1, -0.05) is 20.3 Å². The van der Waals surface area contributed by atoms with Crippen LogP contribution in [-0.4, -0.2) is 23.8 Å². The quantitative estimate of drug-likeness (QED) is 0.709. The summed E-state index contributed by atoms with van der Waals surface area (Å²) in [7, 11) is 0. The molecule has 0 aromatic heterocycles. The van der Waals surface area contributed by atoms with E-state index in [0.717, 1.165) is 31.6 Å². The fraction of sp³-hybridized carbons (Fsp3) is 0.933. The van der Waals surface area contributed by atoms with Gasteiger partial charge in [-0.3, -0.25) is 4.79 Å². The second kappa shape index (κ2) is 5.20. The maximum absolute atomic E-state index is 11.4. The van der Waals surface area contributed by atoms with E-state index in [9.17, 15) is 4.79 Å². The SMILES string of the molecule is CC[C@H]1C[C@@](C)(OC(C)=O)[C@@H]2CC[C@@H](C)C[C@H]2O1. The monoisotopic (exact) mass is 254 g/mol. The van der Waals surface area contributed by atoms with Gasteiger partial charge in [-0.05, 0) is 32.1 Å². The van der Waals surface area contributed by atoms with Gasteiger partial charge in [0, 0.05) is 19.3 Å². The third kappa shape index (κ3) is 2.71. The standard InChI is InChI=1S/C15H26O3/c1-5-12-9-15(4,18-11(3)16)13-7-6-10(2)8-14(13)17-12/h10,12-14H,5-9H2,1-4H3/t10-,12+,13-,14-,15-/m1/s1. The first-order valence-corrected chi connectivity index (χ1v) is 7.29. The van der Waals surface area contributed by atoms with Crippen molar-refractivity contribution in [3.05, 3.63) is 0 Å². The van der Waals surface area contributed by atoms with Gasteiger partial charge in [0.1, 0.15) is 5.60 Å². The molecule has 3 nitrogen and oxygen atoms in total. The lowest BCUT2D eigenvalue weighted by molar-refractivity contribution is -0.215. The van der Waals surface area contributed by atoms with Gasteiger partial charge in [-0.25, -0.2) is 0 Å². The third-order valence-electron chi connectivity index (χ3n) is 4.67. The fourth-order valence-electron chi connectivity index (χ4n) is 3.76. The Hall–Kier alpha value is -0.570. The normalized spacial score (nSPS) is 44.2. The van der Waals surface area contributed by atoms with Gasteiger partial charge >= 0.3 is 5.97 Å². The Morgan fingerprint density at radius 2 is 2.17 bits per heavy atom. The van der Waals surface area contributed by atoms with Gasteiger partial charge < -0.3 is 9.47 Å². The first-order valence-electron chi connectivity index (χ1n) is 7.29. The topological polar surface area (TPSA) is 35.5 Å². The molecule has 0 N–H and O–H groups in total. The van der Waals surface area contributed by atoms with Crippen LogP contribution in [0.2, 0.25) is 0 Å². The van der Waals surface area contributed by atoms with Crippen LogP contribution in [0.1, 0.15) is 59.8 Å². The molecule has 0 aromatic rings. The molecule has 1 saturated carbocycles. The van der Waals surface area contributed by atoms with Crippen LogP contribution in [0.5, 0.6) is 0 Å². The van der Waals surface area contributed by atoms with E-state index in [-0.39, 0.29) is 23.8 Å². The summed E-state index contributed by atoms with van der Waals surface area (Å²) in [6.07, 6.45) is 5.80. The molecule has 2 aliphatic rings. The summed E-state index contributed by atoms with van der Waals surface area (Å²) in [4.78, 5) is 11.4. The van der Waals surface area contributed by atoms with E-state index >= 15 is 0 Å². The zero-order valence-electron chi connectivity index (χ0n) is 12.1. The number of hydrogen-bond donors (Lipinski definition) is 0. The Kier molecular flexibility index (Phi) is 4.00. The molecule has 2 fully saturated rings. The van der Waals surface area contributed by atoms with Gasteiger partial charge in [0.25, 0.3) is 0 Å². The van der Waals surface area contributed by atoms with Crippen LogP contribution >= 0.6 is 0 Å². The highest BCUT2D eigenvalue weighted by atomic mass is 16.6. The molecule has 0 aromatic carbocycles. The van der Waals surface area contributed by atoms with E-state index in [1.54, 1.807) is 0 Å². The fourth-order valence-corrected chi connectivity index (χ4v) is 3.76. The third-order valence-corrected chi connectivity index (χ3v) is 4.67. The molecule has 18 heavy (non-hydrogen) atoms.